The van der Waals surface area contributed by atoms with Crippen molar-refractivity contribution >= 4 is 0 Å². The van der Waals surface area contributed by atoms with Crippen LogP contribution in [0.1, 0.15) is 28.4 Å². The highest BCUT2D eigenvalue weighted by molar-refractivity contribution is 5.42. The van der Waals surface area contributed by atoms with Crippen LogP contribution in [0.4, 0.5) is 0 Å². The second kappa shape index (κ2) is 2.91. The summed E-state index contributed by atoms with van der Waals surface area (Å²) in [6, 6.07) is 0. The average molecular weight is 173 g/mol. The highest BCUT2D eigenvalue weighted by Gasteiger charge is 2.14. The quantitative estimate of drug-likeness (QED) is 0.671. The molecule has 0 atom stereocenters. The molecule has 0 radical (unpaired) electrons. The molecule has 1 heterocycles. The van der Waals surface area contributed by atoms with Crippen LogP contribution in [0.5, 0.6) is 0 Å². The van der Waals surface area contributed by atoms with Crippen molar-refractivity contribution in [3.05, 3.63) is 46.8 Å². The minimum Gasteiger partial charge on any atom is -0.361 e. The lowest BCUT2D eigenvalue weighted by Crippen LogP contribution is -1.91. The SMILES string of the molecule is Cc1[nH]c(C2C=CC=C2)c(C)c1C. The third kappa shape index (κ3) is 1.24. The summed E-state index contributed by atoms with van der Waals surface area (Å²) in [5, 5.41) is 0. The molecule has 0 amide bonds. The van der Waals surface area contributed by atoms with Crippen LogP contribution in [0.3, 0.4) is 0 Å². The third-order valence-electron chi connectivity index (χ3n) is 2.93. The first-order chi connectivity index (χ1) is 6.20. The van der Waals surface area contributed by atoms with E-state index < -0.39 is 0 Å². The Hall–Kier alpha value is -1.24. The Balaban J connectivity index is 2.46. The molecule has 1 heteroatoms. The second-order valence-corrected chi connectivity index (χ2v) is 3.71. The van der Waals surface area contributed by atoms with Gasteiger partial charge in [-0.25, -0.2) is 0 Å². The third-order valence-corrected chi connectivity index (χ3v) is 2.93. The van der Waals surface area contributed by atoms with E-state index in [-0.39, 0.29) is 0 Å². The molecule has 0 fully saturated rings. The van der Waals surface area contributed by atoms with Crippen LogP contribution in [-0.4, -0.2) is 4.98 Å². The van der Waals surface area contributed by atoms with E-state index in [1.807, 2.05) is 0 Å². The first kappa shape index (κ1) is 8.36. The van der Waals surface area contributed by atoms with Crippen molar-refractivity contribution in [2.24, 2.45) is 0 Å². The topological polar surface area (TPSA) is 15.8 Å². The molecule has 1 aliphatic rings. The van der Waals surface area contributed by atoms with E-state index in [0.29, 0.717) is 5.92 Å². The largest absolute Gasteiger partial charge is 0.361 e. The molecule has 0 aromatic carbocycles. The first-order valence-corrected chi connectivity index (χ1v) is 4.71. The van der Waals surface area contributed by atoms with E-state index in [4.69, 9.17) is 0 Å². The Morgan fingerprint density at radius 3 is 2.08 bits per heavy atom. The first-order valence-electron chi connectivity index (χ1n) is 4.71. The summed E-state index contributed by atoms with van der Waals surface area (Å²) in [6.45, 7) is 6.50. The maximum Gasteiger partial charge on any atom is 0.0359 e. The lowest BCUT2D eigenvalue weighted by atomic mass is 10.0. The average Bonchev–Trinajstić information content (AvgIpc) is 2.70. The van der Waals surface area contributed by atoms with Crippen LogP contribution in [0.2, 0.25) is 0 Å². The molecule has 1 aliphatic carbocycles. The highest BCUT2D eigenvalue weighted by Crippen LogP contribution is 2.28. The highest BCUT2D eigenvalue weighted by atomic mass is 14.7. The van der Waals surface area contributed by atoms with E-state index in [9.17, 15) is 0 Å². The van der Waals surface area contributed by atoms with E-state index >= 15 is 0 Å². The van der Waals surface area contributed by atoms with Gasteiger partial charge in [0.05, 0.1) is 0 Å². The van der Waals surface area contributed by atoms with Crippen molar-refractivity contribution < 1.29 is 0 Å². The molecule has 1 nitrogen and oxygen atoms in total. The molecule has 1 aromatic heterocycles. The minimum absolute atomic E-state index is 0.465. The van der Waals surface area contributed by atoms with Gasteiger partial charge < -0.3 is 4.98 Å². The number of rotatable bonds is 1. The number of nitrogens with one attached hydrogen (secondary N) is 1. The van der Waals surface area contributed by atoms with Gasteiger partial charge in [0, 0.05) is 17.3 Å². The number of H-pyrrole nitrogens is 1. The molecule has 2 rings (SSSR count). The fourth-order valence-corrected chi connectivity index (χ4v) is 1.83. The molecule has 0 bridgehead atoms. The van der Waals surface area contributed by atoms with Gasteiger partial charge in [0.25, 0.3) is 0 Å². The summed E-state index contributed by atoms with van der Waals surface area (Å²) in [4.78, 5) is 3.45. The number of aryl methyl sites for hydroxylation is 1. The van der Waals surface area contributed by atoms with Crippen molar-refractivity contribution in [3.8, 4) is 0 Å². The second-order valence-electron chi connectivity index (χ2n) is 3.71. The van der Waals surface area contributed by atoms with Gasteiger partial charge in [0.2, 0.25) is 0 Å². The molecular weight excluding hydrogens is 158 g/mol. The zero-order valence-corrected chi connectivity index (χ0v) is 8.39. The predicted molar refractivity (Wildman–Crippen MR) is 56.0 cm³/mol. The fourth-order valence-electron chi connectivity index (χ4n) is 1.83. The smallest absolute Gasteiger partial charge is 0.0359 e. The van der Waals surface area contributed by atoms with Gasteiger partial charge in [0.15, 0.2) is 0 Å². The fraction of sp³-hybridized carbons (Fsp3) is 0.333. The molecule has 0 aliphatic heterocycles. The molecule has 0 spiro atoms. The van der Waals surface area contributed by atoms with Crippen molar-refractivity contribution in [3.63, 3.8) is 0 Å². The summed E-state index contributed by atoms with van der Waals surface area (Å²) in [7, 11) is 0. The zero-order valence-electron chi connectivity index (χ0n) is 8.39. The van der Waals surface area contributed by atoms with E-state index in [2.05, 4.69) is 50.1 Å². The summed E-state index contributed by atoms with van der Waals surface area (Å²) >= 11 is 0. The summed E-state index contributed by atoms with van der Waals surface area (Å²) in [5.74, 6) is 0.465. The Labute approximate surface area is 79.2 Å². The standard InChI is InChI=1S/C12H15N/c1-8-9(2)12(13-10(8)3)11-6-4-5-7-11/h4-7,11,13H,1-3H3. The normalized spacial score (nSPS) is 15.9. The predicted octanol–water partition coefficient (Wildman–Crippen LogP) is 3.15. The number of aromatic nitrogens is 1. The van der Waals surface area contributed by atoms with Crippen molar-refractivity contribution in [2.45, 2.75) is 26.7 Å². The minimum atomic E-state index is 0.465. The molecule has 0 unspecified atom stereocenters. The van der Waals surface area contributed by atoms with Crippen LogP contribution < -0.4 is 0 Å². The number of allylic oxidation sites excluding steroid dienone is 4. The van der Waals surface area contributed by atoms with E-state index in [0.717, 1.165) is 0 Å². The lowest BCUT2D eigenvalue weighted by Gasteiger charge is -2.04. The summed E-state index contributed by atoms with van der Waals surface area (Å²) < 4.78 is 0. The van der Waals surface area contributed by atoms with Crippen molar-refractivity contribution in [2.75, 3.05) is 0 Å². The van der Waals surface area contributed by atoms with Crippen LogP contribution in [0.15, 0.2) is 24.3 Å². The van der Waals surface area contributed by atoms with Crippen LogP contribution in [-0.2, 0) is 0 Å². The molecule has 1 aromatic rings. The Kier molecular flexibility index (Phi) is 1.87. The van der Waals surface area contributed by atoms with Crippen molar-refractivity contribution in [1.82, 2.24) is 4.98 Å². The Morgan fingerprint density at radius 1 is 1.00 bits per heavy atom. The van der Waals surface area contributed by atoms with Crippen LogP contribution in [0.25, 0.3) is 0 Å². The van der Waals surface area contributed by atoms with Gasteiger partial charge in [-0.3, -0.25) is 0 Å². The monoisotopic (exact) mass is 173 g/mol. The van der Waals surface area contributed by atoms with E-state index in [1.165, 1.54) is 22.5 Å². The zero-order chi connectivity index (χ0) is 9.42. The number of aromatic amines is 1. The molecule has 0 saturated heterocycles. The van der Waals surface area contributed by atoms with Gasteiger partial charge in [-0.05, 0) is 31.9 Å². The van der Waals surface area contributed by atoms with E-state index in [1.54, 1.807) is 0 Å². The molecule has 0 saturated carbocycles. The van der Waals surface area contributed by atoms with Crippen LogP contribution in [0, 0.1) is 20.8 Å². The summed E-state index contributed by atoms with van der Waals surface area (Å²) in [6.07, 6.45) is 8.65. The van der Waals surface area contributed by atoms with Gasteiger partial charge in [-0.2, -0.15) is 0 Å². The Morgan fingerprint density at radius 2 is 1.62 bits per heavy atom. The number of hydrogen-bond acceptors (Lipinski definition) is 0. The Bertz CT molecular complexity index is 368. The van der Waals surface area contributed by atoms with Gasteiger partial charge in [-0.15, -0.1) is 0 Å². The lowest BCUT2D eigenvalue weighted by molar-refractivity contribution is 1.000. The maximum absolute atomic E-state index is 3.45. The van der Waals surface area contributed by atoms with Crippen LogP contribution >= 0.6 is 0 Å². The van der Waals surface area contributed by atoms with Gasteiger partial charge >= 0.3 is 0 Å². The van der Waals surface area contributed by atoms with Crippen molar-refractivity contribution in [1.29, 1.82) is 0 Å². The molecule has 13 heavy (non-hydrogen) atoms. The van der Waals surface area contributed by atoms with Gasteiger partial charge in [0.1, 0.15) is 0 Å². The molecule has 68 valence electrons. The molecule has 1 N–H and O–H groups in total. The molecular formula is C12H15N. The maximum atomic E-state index is 3.45. The number of hydrogen-bond donors (Lipinski definition) is 1. The van der Waals surface area contributed by atoms with Gasteiger partial charge in [-0.1, -0.05) is 24.3 Å². The summed E-state index contributed by atoms with van der Waals surface area (Å²) in [5.41, 5.74) is 5.43.